The molecular weight excluding hydrogens is 260 g/mol. The Morgan fingerprint density at radius 1 is 1.16 bits per heavy atom. The first-order valence-electron chi connectivity index (χ1n) is 5.98. The summed E-state index contributed by atoms with van der Waals surface area (Å²) in [5.74, 6) is 0.789. The zero-order valence-electron chi connectivity index (χ0n) is 11.2. The molecule has 98 valence electrons. The molecule has 0 aromatic heterocycles. The molecule has 0 unspecified atom stereocenters. The van der Waals surface area contributed by atoms with Crippen molar-refractivity contribution >= 4 is 17.4 Å². The molecule has 0 fully saturated rings. The standard InChI is InChI=1S/C16H15ClO2/c1-10-8-14(16(19-3)9-15(10)17)13-6-4-12(5-7-13)11(2)18/h4-9H,1-3H3. The Balaban J connectivity index is 2.51. The van der Waals surface area contributed by atoms with Crippen LogP contribution in [0.5, 0.6) is 5.75 Å². The zero-order valence-corrected chi connectivity index (χ0v) is 11.9. The van der Waals surface area contributed by atoms with Crippen LogP contribution in [0.15, 0.2) is 36.4 Å². The Hall–Kier alpha value is -1.80. The van der Waals surface area contributed by atoms with E-state index in [4.69, 9.17) is 16.3 Å². The number of halogens is 1. The monoisotopic (exact) mass is 274 g/mol. The van der Waals surface area contributed by atoms with Crippen molar-refractivity contribution in [2.75, 3.05) is 7.11 Å². The van der Waals surface area contributed by atoms with Crippen LogP contribution >= 0.6 is 11.6 Å². The van der Waals surface area contributed by atoms with Crippen LogP contribution < -0.4 is 4.74 Å². The summed E-state index contributed by atoms with van der Waals surface area (Å²) in [5, 5.41) is 0.681. The number of carbonyl (C=O) groups excluding carboxylic acids is 1. The quantitative estimate of drug-likeness (QED) is 0.769. The van der Waals surface area contributed by atoms with E-state index in [2.05, 4.69) is 0 Å². The zero-order chi connectivity index (χ0) is 14.0. The average molecular weight is 275 g/mol. The van der Waals surface area contributed by atoms with Gasteiger partial charge in [-0.15, -0.1) is 0 Å². The van der Waals surface area contributed by atoms with E-state index in [-0.39, 0.29) is 5.78 Å². The highest BCUT2D eigenvalue weighted by Gasteiger charge is 2.09. The fourth-order valence-corrected chi connectivity index (χ4v) is 2.10. The Kier molecular flexibility index (Phi) is 3.91. The molecule has 0 atom stereocenters. The van der Waals surface area contributed by atoms with E-state index in [0.717, 1.165) is 22.4 Å². The van der Waals surface area contributed by atoms with Crippen molar-refractivity contribution in [1.82, 2.24) is 0 Å². The van der Waals surface area contributed by atoms with Crippen LogP contribution in [0, 0.1) is 6.92 Å². The highest BCUT2D eigenvalue weighted by molar-refractivity contribution is 6.31. The molecule has 2 aromatic rings. The lowest BCUT2D eigenvalue weighted by molar-refractivity contribution is 0.101. The third-order valence-electron chi connectivity index (χ3n) is 3.08. The highest BCUT2D eigenvalue weighted by atomic mass is 35.5. The Labute approximate surface area is 118 Å². The largest absolute Gasteiger partial charge is 0.496 e. The van der Waals surface area contributed by atoms with Crippen LogP contribution in [0.3, 0.4) is 0 Å². The minimum atomic E-state index is 0.0609. The van der Waals surface area contributed by atoms with Crippen molar-refractivity contribution in [3.63, 3.8) is 0 Å². The van der Waals surface area contributed by atoms with Gasteiger partial charge in [-0.1, -0.05) is 35.9 Å². The molecule has 0 saturated heterocycles. The summed E-state index contributed by atoms with van der Waals surface area (Å²) in [7, 11) is 1.62. The fraction of sp³-hybridized carbons (Fsp3) is 0.188. The van der Waals surface area contributed by atoms with Gasteiger partial charge in [0.05, 0.1) is 7.11 Å². The number of carbonyl (C=O) groups is 1. The van der Waals surface area contributed by atoms with Gasteiger partial charge < -0.3 is 4.74 Å². The van der Waals surface area contributed by atoms with Gasteiger partial charge in [0.1, 0.15) is 5.75 Å². The van der Waals surface area contributed by atoms with Gasteiger partial charge in [0.25, 0.3) is 0 Å². The maximum atomic E-state index is 11.3. The summed E-state index contributed by atoms with van der Waals surface area (Å²) in [4.78, 5) is 11.3. The van der Waals surface area contributed by atoms with E-state index >= 15 is 0 Å². The van der Waals surface area contributed by atoms with Gasteiger partial charge in [0.2, 0.25) is 0 Å². The first-order chi connectivity index (χ1) is 9.02. The minimum Gasteiger partial charge on any atom is -0.496 e. The number of ketones is 1. The van der Waals surface area contributed by atoms with E-state index in [1.165, 1.54) is 0 Å². The number of aryl methyl sites for hydroxylation is 1. The Morgan fingerprint density at radius 2 is 1.79 bits per heavy atom. The number of methoxy groups -OCH3 is 1. The number of Topliss-reactive ketones (excluding diaryl/α,β-unsaturated/α-hetero) is 1. The number of rotatable bonds is 3. The molecule has 3 heteroatoms. The molecule has 2 rings (SSSR count). The van der Waals surface area contributed by atoms with Crippen LogP contribution in [-0.4, -0.2) is 12.9 Å². The molecule has 0 N–H and O–H groups in total. The molecule has 19 heavy (non-hydrogen) atoms. The molecule has 0 saturated carbocycles. The van der Waals surface area contributed by atoms with Gasteiger partial charge in [-0.2, -0.15) is 0 Å². The number of ether oxygens (including phenoxy) is 1. The molecule has 0 aliphatic rings. The summed E-state index contributed by atoms with van der Waals surface area (Å²) in [6.07, 6.45) is 0. The molecule has 0 spiro atoms. The van der Waals surface area contributed by atoms with E-state index in [0.29, 0.717) is 10.6 Å². The first-order valence-corrected chi connectivity index (χ1v) is 6.36. The van der Waals surface area contributed by atoms with Crippen LogP contribution in [0.25, 0.3) is 11.1 Å². The first kappa shape index (κ1) is 13.6. The van der Waals surface area contributed by atoms with Gasteiger partial charge in [-0.05, 0) is 37.1 Å². The maximum Gasteiger partial charge on any atom is 0.159 e. The smallest absolute Gasteiger partial charge is 0.159 e. The third kappa shape index (κ3) is 2.79. The number of hydrogen-bond donors (Lipinski definition) is 0. The summed E-state index contributed by atoms with van der Waals surface area (Å²) in [6.45, 7) is 3.51. The molecule has 2 nitrogen and oxygen atoms in total. The second kappa shape index (κ2) is 5.45. The maximum absolute atomic E-state index is 11.3. The lowest BCUT2D eigenvalue weighted by atomic mass is 10.00. The molecule has 0 aliphatic heterocycles. The van der Waals surface area contributed by atoms with E-state index in [1.807, 2.05) is 43.3 Å². The van der Waals surface area contributed by atoms with Crippen molar-refractivity contribution in [2.24, 2.45) is 0 Å². The molecule has 0 aliphatic carbocycles. The molecule has 0 bridgehead atoms. The molecule has 0 heterocycles. The highest BCUT2D eigenvalue weighted by Crippen LogP contribution is 2.34. The van der Waals surface area contributed by atoms with Gasteiger partial charge >= 0.3 is 0 Å². The van der Waals surface area contributed by atoms with Gasteiger partial charge in [0, 0.05) is 16.1 Å². The molecule has 2 aromatic carbocycles. The van der Waals surface area contributed by atoms with E-state index in [9.17, 15) is 4.79 Å². The van der Waals surface area contributed by atoms with Crippen molar-refractivity contribution in [2.45, 2.75) is 13.8 Å². The van der Waals surface area contributed by atoms with E-state index < -0.39 is 0 Å². The Bertz CT molecular complexity index is 615. The normalized spacial score (nSPS) is 10.3. The average Bonchev–Trinajstić information content (AvgIpc) is 2.41. The van der Waals surface area contributed by atoms with Crippen LogP contribution in [0.2, 0.25) is 5.02 Å². The van der Waals surface area contributed by atoms with E-state index in [1.54, 1.807) is 14.0 Å². The van der Waals surface area contributed by atoms with Crippen molar-refractivity contribution < 1.29 is 9.53 Å². The van der Waals surface area contributed by atoms with Crippen molar-refractivity contribution in [3.8, 4) is 16.9 Å². The van der Waals surface area contributed by atoms with Crippen LogP contribution in [0.1, 0.15) is 22.8 Å². The summed E-state index contributed by atoms with van der Waals surface area (Å²) in [5.41, 5.74) is 3.67. The lowest BCUT2D eigenvalue weighted by Gasteiger charge is -2.11. The second-order valence-electron chi connectivity index (χ2n) is 4.44. The molecule has 0 amide bonds. The Morgan fingerprint density at radius 3 is 2.32 bits per heavy atom. The van der Waals surface area contributed by atoms with Gasteiger partial charge in [-0.25, -0.2) is 0 Å². The lowest BCUT2D eigenvalue weighted by Crippen LogP contribution is -1.93. The number of hydrogen-bond acceptors (Lipinski definition) is 2. The van der Waals surface area contributed by atoms with Gasteiger partial charge in [-0.3, -0.25) is 4.79 Å². The fourth-order valence-electron chi connectivity index (χ4n) is 1.94. The predicted octanol–water partition coefficient (Wildman–Crippen LogP) is 4.53. The SMILES string of the molecule is COc1cc(Cl)c(C)cc1-c1ccc(C(C)=O)cc1. The molecule has 0 radical (unpaired) electrons. The third-order valence-corrected chi connectivity index (χ3v) is 3.49. The predicted molar refractivity (Wildman–Crippen MR) is 78.2 cm³/mol. The van der Waals surface area contributed by atoms with Crippen LogP contribution in [-0.2, 0) is 0 Å². The minimum absolute atomic E-state index is 0.0609. The molecular formula is C16H15ClO2. The topological polar surface area (TPSA) is 26.3 Å². The summed E-state index contributed by atoms with van der Waals surface area (Å²) < 4.78 is 5.36. The summed E-state index contributed by atoms with van der Waals surface area (Å²) >= 11 is 6.09. The summed E-state index contributed by atoms with van der Waals surface area (Å²) in [6, 6.07) is 11.3. The van der Waals surface area contributed by atoms with Crippen LogP contribution in [0.4, 0.5) is 0 Å². The van der Waals surface area contributed by atoms with Crippen molar-refractivity contribution in [3.05, 3.63) is 52.5 Å². The van der Waals surface area contributed by atoms with Crippen molar-refractivity contribution in [1.29, 1.82) is 0 Å². The van der Waals surface area contributed by atoms with Gasteiger partial charge in [0.15, 0.2) is 5.78 Å². The second-order valence-corrected chi connectivity index (χ2v) is 4.84. The number of benzene rings is 2.